The van der Waals surface area contributed by atoms with Crippen molar-refractivity contribution < 1.29 is 32.1 Å². The zero-order chi connectivity index (χ0) is 40.7. The van der Waals surface area contributed by atoms with Crippen molar-refractivity contribution in [2.24, 2.45) is 0 Å². The number of para-hydroxylation sites is 2. The van der Waals surface area contributed by atoms with Crippen LogP contribution in [0, 0.1) is 6.33 Å². The first kappa shape index (κ1) is 41.6. The number of nitrogens with zero attached hydrogens (tertiary/aromatic N) is 3. The molecule has 4 nitrogen and oxygen atoms in total. The summed E-state index contributed by atoms with van der Waals surface area (Å²) in [6.07, 6.45) is 7.67. The summed E-state index contributed by atoms with van der Waals surface area (Å²) in [5.41, 5.74) is 19.5. The average molecular weight is 957 g/mol. The first-order valence-corrected chi connectivity index (χ1v) is 20.7. The molecule has 0 aliphatic heterocycles. The van der Waals surface area contributed by atoms with Gasteiger partial charge in [0, 0.05) is 12.4 Å². The molecule has 1 aliphatic carbocycles. The molecule has 5 heteroatoms. The number of aromatic nitrogens is 3. The third-order valence-electron chi connectivity index (χ3n) is 11.5. The van der Waals surface area contributed by atoms with Gasteiger partial charge in [0.25, 0.3) is 6.33 Å². The maximum atomic E-state index is 10.1. The first-order chi connectivity index (χ1) is 28.0. The van der Waals surface area contributed by atoms with Gasteiger partial charge in [-0.25, -0.2) is 0 Å². The molecule has 2 heterocycles. The van der Waals surface area contributed by atoms with Crippen LogP contribution in [0.3, 0.4) is 0 Å². The van der Waals surface area contributed by atoms with Crippen molar-refractivity contribution in [3.8, 4) is 61.6 Å². The quantitative estimate of drug-likeness (QED) is 0.102. The van der Waals surface area contributed by atoms with Crippen molar-refractivity contribution >= 4 is 11.0 Å². The molecule has 0 amide bonds. The fraction of sp³-hybridized carbons (Fsp3) is 0.222. The number of imidazole rings is 1. The number of aromatic hydroxyl groups is 1. The van der Waals surface area contributed by atoms with Gasteiger partial charge in [-0.05, 0) is 109 Å². The van der Waals surface area contributed by atoms with E-state index in [0.717, 1.165) is 27.7 Å². The molecule has 0 saturated heterocycles. The van der Waals surface area contributed by atoms with E-state index in [9.17, 15) is 5.11 Å². The zero-order valence-corrected chi connectivity index (χ0v) is 37.4. The number of fused-ring (bicyclic) bond motifs is 9. The number of hydrogen-bond donors (Lipinski definition) is 1. The molecule has 8 aromatic rings. The standard InChI is InChI=1S/C30H37N3.C24H16O.Au/c1-19(2)23-11-9-12-24(20(3)4)29(23)32-18-33(28-17-31-16-15-27(28)32)30-25(21(5)6)13-10-14-26(30)22(7)8;25-16-13-14-23-21-11-4-3-9-19(21)17-7-1-2-8-18(17)20-10-5-6-12-22(20)24(23)15-16;/h9-17,19-22H,1-8H3;1-15,25H;/q;;+1. The van der Waals surface area contributed by atoms with Gasteiger partial charge in [0.1, 0.15) is 5.75 Å². The third kappa shape index (κ3) is 7.74. The molecule has 0 spiro atoms. The molecule has 1 aliphatic rings. The number of hydrogen-bond acceptors (Lipinski definition) is 2. The van der Waals surface area contributed by atoms with E-state index in [2.05, 4.69) is 191 Å². The molecule has 2 aromatic heterocycles. The van der Waals surface area contributed by atoms with Gasteiger partial charge in [-0.3, -0.25) is 14.1 Å². The topological polar surface area (TPSA) is 41.9 Å². The Kier molecular flexibility index (Phi) is 12.3. The largest absolute Gasteiger partial charge is 1.00 e. The molecule has 0 fully saturated rings. The monoisotopic (exact) mass is 956 g/mol. The maximum absolute atomic E-state index is 10.1. The Bertz CT molecular complexity index is 2620. The van der Waals surface area contributed by atoms with E-state index >= 15 is 0 Å². The van der Waals surface area contributed by atoms with Crippen LogP contribution in [0.1, 0.15) is 101 Å². The van der Waals surface area contributed by atoms with Gasteiger partial charge >= 0.3 is 22.4 Å². The van der Waals surface area contributed by atoms with Gasteiger partial charge < -0.3 is 5.11 Å². The van der Waals surface area contributed by atoms with E-state index < -0.39 is 0 Å². The van der Waals surface area contributed by atoms with Crippen molar-refractivity contribution in [3.05, 3.63) is 174 Å². The number of rotatable bonds is 6. The van der Waals surface area contributed by atoms with Gasteiger partial charge in [-0.1, -0.05) is 171 Å². The van der Waals surface area contributed by atoms with Crippen LogP contribution in [0.4, 0.5) is 0 Å². The van der Waals surface area contributed by atoms with Crippen LogP contribution in [0.5, 0.6) is 5.75 Å². The minimum atomic E-state index is 0. The minimum absolute atomic E-state index is 0. The maximum Gasteiger partial charge on any atom is 1.00 e. The molecule has 0 atom stereocenters. The molecule has 59 heavy (non-hydrogen) atoms. The minimum Gasteiger partial charge on any atom is -0.508 e. The summed E-state index contributed by atoms with van der Waals surface area (Å²) in [6, 6.07) is 46.7. The van der Waals surface area contributed by atoms with Crippen molar-refractivity contribution in [1.82, 2.24) is 9.55 Å². The van der Waals surface area contributed by atoms with Gasteiger partial charge in [0.2, 0.25) is 0 Å². The molecular weight excluding hydrogens is 904 g/mol. The number of benzene rings is 6. The van der Waals surface area contributed by atoms with Crippen LogP contribution in [-0.4, -0.2) is 14.7 Å². The fourth-order valence-electron chi connectivity index (χ4n) is 8.68. The number of pyridine rings is 1. The van der Waals surface area contributed by atoms with Gasteiger partial charge in [-0.2, -0.15) is 0 Å². The molecule has 0 radical (unpaired) electrons. The summed E-state index contributed by atoms with van der Waals surface area (Å²) in [5.74, 6) is 1.93. The van der Waals surface area contributed by atoms with Crippen LogP contribution >= 0.6 is 0 Å². The Morgan fingerprint density at radius 3 is 1.34 bits per heavy atom. The summed E-state index contributed by atoms with van der Waals surface area (Å²) < 4.78 is 4.54. The van der Waals surface area contributed by atoms with Crippen molar-refractivity contribution in [1.29, 1.82) is 0 Å². The number of phenols is 1. The Labute approximate surface area is 365 Å². The fourth-order valence-corrected chi connectivity index (χ4v) is 8.68. The molecule has 0 saturated carbocycles. The van der Waals surface area contributed by atoms with Crippen LogP contribution in [-0.2, 0) is 22.4 Å². The van der Waals surface area contributed by atoms with E-state index in [1.807, 2.05) is 24.5 Å². The Morgan fingerprint density at radius 1 is 0.492 bits per heavy atom. The van der Waals surface area contributed by atoms with Crippen LogP contribution in [0.2, 0.25) is 0 Å². The number of phenolic OH excluding ortho intramolecular Hbond substituents is 1. The van der Waals surface area contributed by atoms with Gasteiger partial charge in [0.05, 0.1) is 22.4 Å². The average Bonchev–Trinajstić information content (AvgIpc) is 3.62. The normalized spacial score (nSPS) is 11.6. The Balaban J connectivity index is 0.000000182. The summed E-state index contributed by atoms with van der Waals surface area (Å²) in [5, 5.41) is 10.1. The van der Waals surface area contributed by atoms with Crippen LogP contribution in [0.25, 0.3) is 66.9 Å². The van der Waals surface area contributed by atoms with Crippen LogP contribution < -0.4 is 4.57 Å². The summed E-state index contributed by atoms with van der Waals surface area (Å²) in [4.78, 5) is 4.52. The van der Waals surface area contributed by atoms with Gasteiger partial charge in [-0.15, -0.1) is 0 Å². The zero-order valence-electron chi connectivity index (χ0n) is 35.3. The molecule has 1 N–H and O–H groups in total. The first-order valence-electron chi connectivity index (χ1n) is 20.7. The smallest absolute Gasteiger partial charge is 0.508 e. The van der Waals surface area contributed by atoms with E-state index in [1.54, 1.807) is 6.07 Å². The second-order valence-corrected chi connectivity index (χ2v) is 16.7. The molecule has 0 bridgehead atoms. The van der Waals surface area contributed by atoms with Gasteiger partial charge in [0.15, 0.2) is 0 Å². The summed E-state index contributed by atoms with van der Waals surface area (Å²) in [7, 11) is 0. The van der Waals surface area contributed by atoms with E-state index in [1.165, 1.54) is 61.4 Å². The summed E-state index contributed by atoms with van der Waals surface area (Å²) >= 11 is 0. The van der Waals surface area contributed by atoms with E-state index in [-0.39, 0.29) is 22.4 Å². The predicted octanol–water partition coefficient (Wildman–Crippen LogP) is 14.0. The second-order valence-electron chi connectivity index (χ2n) is 16.7. The van der Waals surface area contributed by atoms with Crippen molar-refractivity contribution in [2.75, 3.05) is 0 Å². The molecule has 9 rings (SSSR count). The van der Waals surface area contributed by atoms with Crippen molar-refractivity contribution in [3.63, 3.8) is 0 Å². The van der Waals surface area contributed by atoms with E-state index in [4.69, 9.17) is 0 Å². The predicted molar refractivity (Wildman–Crippen MR) is 241 cm³/mol. The van der Waals surface area contributed by atoms with E-state index in [0.29, 0.717) is 29.4 Å². The Morgan fingerprint density at radius 2 is 0.898 bits per heavy atom. The molecular formula is C54H53AuN3O+. The SMILES string of the molecule is CC(C)c1cccc(C(C)C)c1-n1[c-][n+](-c2c(C(C)C)cccc2C(C)C)c2ccncc21.Oc1ccc2c(c1)-c1ccccc1-c1ccccc1-c1ccccc1-2.[Au+]. The second kappa shape index (κ2) is 17.4. The molecule has 0 unspecified atom stereocenters. The summed E-state index contributed by atoms with van der Waals surface area (Å²) in [6.45, 7) is 18.2. The Hall–Kier alpha value is -5.52. The van der Waals surface area contributed by atoms with Crippen LogP contribution in [0.15, 0.2) is 146 Å². The third-order valence-corrected chi connectivity index (χ3v) is 11.5. The molecule has 6 aromatic carbocycles. The molecule has 300 valence electrons. The van der Waals surface area contributed by atoms with Crippen molar-refractivity contribution in [2.45, 2.75) is 79.1 Å².